The summed E-state index contributed by atoms with van der Waals surface area (Å²) >= 11 is 0. The SMILES string of the molecule is Cc1ccnn1CCC(=O)N1CC[C@@H](CS(N)(=O)=O)C1. The molecule has 7 nitrogen and oxygen atoms in total. The van der Waals surface area contributed by atoms with Gasteiger partial charge in [0.2, 0.25) is 15.9 Å². The number of aromatic nitrogens is 2. The number of hydrogen-bond donors (Lipinski definition) is 1. The molecule has 0 aliphatic carbocycles. The van der Waals surface area contributed by atoms with Crippen LogP contribution in [0.15, 0.2) is 12.3 Å². The molecule has 8 heteroatoms. The number of rotatable bonds is 5. The number of hydrogen-bond acceptors (Lipinski definition) is 4. The van der Waals surface area contributed by atoms with E-state index in [1.807, 2.05) is 13.0 Å². The molecule has 2 heterocycles. The molecular formula is C12H20N4O3S. The summed E-state index contributed by atoms with van der Waals surface area (Å²) in [5, 5.41) is 9.16. The summed E-state index contributed by atoms with van der Waals surface area (Å²) < 4.78 is 23.9. The van der Waals surface area contributed by atoms with E-state index in [2.05, 4.69) is 5.10 Å². The van der Waals surface area contributed by atoms with Gasteiger partial charge in [-0.2, -0.15) is 5.10 Å². The van der Waals surface area contributed by atoms with Gasteiger partial charge >= 0.3 is 0 Å². The minimum Gasteiger partial charge on any atom is -0.342 e. The average Bonchev–Trinajstić information content (AvgIpc) is 2.93. The largest absolute Gasteiger partial charge is 0.342 e. The van der Waals surface area contributed by atoms with E-state index in [0.29, 0.717) is 32.5 Å². The predicted octanol–water partition coefficient (Wildman–Crippen LogP) is -0.281. The highest BCUT2D eigenvalue weighted by atomic mass is 32.2. The number of sulfonamides is 1. The number of likely N-dealkylation sites (tertiary alicyclic amines) is 1. The Kier molecular flexibility index (Phi) is 4.44. The lowest BCUT2D eigenvalue weighted by molar-refractivity contribution is -0.130. The fourth-order valence-electron chi connectivity index (χ4n) is 2.52. The number of nitrogens with two attached hydrogens (primary N) is 1. The second-order valence-corrected chi connectivity index (χ2v) is 6.93. The molecule has 20 heavy (non-hydrogen) atoms. The van der Waals surface area contributed by atoms with E-state index in [-0.39, 0.29) is 17.6 Å². The molecule has 0 bridgehead atoms. The third kappa shape index (κ3) is 4.04. The van der Waals surface area contributed by atoms with Gasteiger partial charge in [-0.05, 0) is 25.3 Å². The highest BCUT2D eigenvalue weighted by Gasteiger charge is 2.28. The normalized spacial score (nSPS) is 19.5. The maximum atomic E-state index is 12.1. The van der Waals surface area contributed by atoms with Crippen LogP contribution in [0.25, 0.3) is 0 Å². The van der Waals surface area contributed by atoms with Crippen molar-refractivity contribution in [2.24, 2.45) is 11.1 Å². The van der Waals surface area contributed by atoms with Crippen LogP contribution in [0.5, 0.6) is 0 Å². The first-order valence-corrected chi connectivity index (χ1v) is 8.33. The van der Waals surface area contributed by atoms with Gasteiger partial charge in [-0.15, -0.1) is 0 Å². The lowest BCUT2D eigenvalue weighted by atomic mass is 10.2. The summed E-state index contributed by atoms with van der Waals surface area (Å²) in [5.74, 6) is -0.0492. The van der Waals surface area contributed by atoms with Crippen molar-refractivity contribution in [1.29, 1.82) is 0 Å². The molecule has 0 aromatic carbocycles. The summed E-state index contributed by atoms with van der Waals surface area (Å²) in [4.78, 5) is 13.8. The van der Waals surface area contributed by atoms with Crippen LogP contribution in [-0.4, -0.2) is 47.8 Å². The smallest absolute Gasteiger partial charge is 0.224 e. The van der Waals surface area contributed by atoms with Crippen LogP contribution < -0.4 is 5.14 Å². The van der Waals surface area contributed by atoms with Crippen LogP contribution in [-0.2, 0) is 21.4 Å². The Balaban J connectivity index is 1.81. The molecule has 0 unspecified atom stereocenters. The number of primary sulfonamides is 1. The second kappa shape index (κ2) is 5.92. The average molecular weight is 300 g/mol. The molecule has 1 fully saturated rings. The van der Waals surface area contributed by atoms with Crippen molar-refractivity contribution in [2.75, 3.05) is 18.8 Å². The molecule has 1 saturated heterocycles. The van der Waals surface area contributed by atoms with Gasteiger partial charge in [-0.1, -0.05) is 0 Å². The summed E-state index contributed by atoms with van der Waals surface area (Å²) in [5.41, 5.74) is 1.02. The summed E-state index contributed by atoms with van der Waals surface area (Å²) in [6, 6.07) is 1.89. The number of carbonyl (C=O) groups excluding carboxylic acids is 1. The molecule has 1 aliphatic heterocycles. The number of amides is 1. The van der Waals surface area contributed by atoms with Crippen molar-refractivity contribution in [3.63, 3.8) is 0 Å². The first-order valence-electron chi connectivity index (χ1n) is 6.62. The van der Waals surface area contributed by atoms with E-state index in [4.69, 9.17) is 5.14 Å². The lowest BCUT2D eigenvalue weighted by Crippen LogP contribution is -2.31. The van der Waals surface area contributed by atoms with Crippen molar-refractivity contribution in [1.82, 2.24) is 14.7 Å². The summed E-state index contributed by atoms with van der Waals surface area (Å²) in [6.07, 6.45) is 2.78. The lowest BCUT2D eigenvalue weighted by Gasteiger charge is -2.16. The van der Waals surface area contributed by atoms with Crippen molar-refractivity contribution >= 4 is 15.9 Å². The fraction of sp³-hybridized carbons (Fsp3) is 0.667. The third-order valence-corrected chi connectivity index (χ3v) is 4.51. The van der Waals surface area contributed by atoms with Gasteiger partial charge < -0.3 is 4.90 Å². The van der Waals surface area contributed by atoms with E-state index < -0.39 is 10.0 Å². The highest BCUT2D eigenvalue weighted by Crippen LogP contribution is 2.18. The molecule has 0 radical (unpaired) electrons. The molecule has 112 valence electrons. The molecule has 1 atom stereocenters. The second-order valence-electron chi connectivity index (χ2n) is 5.27. The monoisotopic (exact) mass is 300 g/mol. The molecule has 1 aliphatic rings. The Morgan fingerprint density at radius 2 is 2.30 bits per heavy atom. The van der Waals surface area contributed by atoms with Crippen LogP contribution in [0, 0.1) is 12.8 Å². The molecule has 1 aromatic rings. The van der Waals surface area contributed by atoms with Crippen LogP contribution in [0.2, 0.25) is 0 Å². The van der Waals surface area contributed by atoms with Gasteiger partial charge in [-0.25, -0.2) is 13.6 Å². The Morgan fingerprint density at radius 1 is 1.55 bits per heavy atom. The number of carbonyl (C=O) groups is 1. The van der Waals surface area contributed by atoms with Crippen LogP contribution >= 0.6 is 0 Å². The van der Waals surface area contributed by atoms with Gasteiger partial charge in [0.15, 0.2) is 0 Å². The first kappa shape index (κ1) is 15.0. The Hall–Kier alpha value is -1.41. The summed E-state index contributed by atoms with van der Waals surface area (Å²) in [6.45, 7) is 3.58. The van der Waals surface area contributed by atoms with E-state index in [9.17, 15) is 13.2 Å². The zero-order valence-corrected chi connectivity index (χ0v) is 12.3. The Labute approximate surface area is 118 Å². The van der Waals surface area contributed by atoms with Gasteiger partial charge in [0, 0.05) is 37.9 Å². The molecule has 1 amide bonds. The maximum Gasteiger partial charge on any atom is 0.224 e. The van der Waals surface area contributed by atoms with E-state index in [0.717, 1.165) is 5.69 Å². The van der Waals surface area contributed by atoms with Gasteiger partial charge in [-0.3, -0.25) is 9.48 Å². The minimum absolute atomic E-state index is 0.0387. The first-order chi connectivity index (χ1) is 9.35. The zero-order chi connectivity index (χ0) is 14.8. The van der Waals surface area contributed by atoms with Crippen molar-refractivity contribution in [2.45, 2.75) is 26.3 Å². The van der Waals surface area contributed by atoms with Crippen LogP contribution in [0.3, 0.4) is 0 Å². The van der Waals surface area contributed by atoms with E-state index in [1.54, 1.807) is 15.8 Å². The van der Waals surface area contributed by atoms with Crippen molar-refractivity contribution in [3.8, 4) is 0 Å². The number of nitrogens with zero attached hydrogens (tertiary/aromatic N) is 3. The molecule has 1 aromatic heterocycles. The summed E-state index contributed by atoms with van der Waals surface area (Å²) in [7, 11) is -3.46. The van der Waals surface area contributed by atoms with Crippen molar-refractivity contribution in [3.05, 3.63) is 18.0 Å². The van der Waals surface area contributed by atoms with Crippen molar-refractivity contribution < 1.29 is 13.2 Å². The van der Waals surface area contributed by atoms with Gasteiger partial charge in [0.05, 0.1) is 5.75 Å². The third-order valence-electron chi connectivity index (χ3n) is 3.57. The Morgan fingerprint density at radius 3 is 2.90 bits per heavy atom. The van der Waals surface area contributed by atoms with Crippen LogP contribution in [0.4, 0.5) is 0 Å². The standard InChI is InChI=1S/C12H20N4O3S/c1-10-2-5-14-16(10)7-4-12(17)15-6-3-11(8-15)9-20(13,18)19/h2,5,11H,3-4,6-9H2,1H3,(H2,13,18,19)/t11-/m1/s1. The number of aryl methyl sites for hydroxylation is 2. The maximum absolute atomic E-state index is 12.1. The quantitative estimate of drug-likeness (QED) is 0.808. The Bertz CT molecular complexity index is 581. The molecular weight excluding hydrogens is 280 g/mol. The van der Waals surface area contributed by atoms with E-state index in [1.165, 1.54) is 0 Å². The minimum atomic E-state index is -3.46. The van der Waals surface area contributed by atoms with Gasteiger partial charge in [0.1, 0.15) is 0 Å². The molecule has 2 N–H and O–H groups in total. The fourth-order valence-corrected chi connectivity index (χ4v) is 3.45. The topological polar surface area (TPSA) is 98.3 Å². The molecule has 2 rings (SSSR count). The van der Waals surface area contributed by atoms with Crippen LogP contribution in [0.1, 0.15) is 18.5 Å². The van der Waals surface area contributed by atoms with Gasteiger partial charge in [0.25, 0.3) is 0 Å². The molecule has 0 saturated carbocycles. The predicted molar refractivity (Wildman–Crippen MR) is 74.2 cm³/mol. The molecule has 0 spiro atoms. The highest BCUT2D eigenvalue weighted by molar-refractivity contribution is 7.89. The van der Waals surface area contributed by atoms with E-state index >= 15 is 0 Å². The zero-order valence-electron chi connectivity index (χ0n) is 11.5.